The van der Waals surface area contributed by atoms with Crippen LogP contribution in [0.25, 0.3) is 0 Å². The highest BCUT2D eigenvalue weighted by molar-refractivity contribution is 9.10. The molecule has 7 heteroatoms. The van der Waals surface area contributed by atoms with Gasteiger partial charge in [0.25, 0.3) is 5.91 Å². The van der Waals surface area contributed by atoms with Crippen molar-refractivity contribution in [1.82, 2.24) is 5.32 Å². The first-order valence-electron chi connectivity index (χ1n) is 6.94. The summed E-state index contributed by atoms with van der Waals surface area (Å²) < 4.78 is 5.77. The Morgan fingerprint density at radius 2 is 2.13 bits per heavy atom. The summed E-state index contributed by atoms with van der Waals surface area (Å²) in [6.45, 7) is 0.296. The normalized spacial score (nSPS) is 10.3. The summed E-state index contributed by atoms with van der Waals surface area (Å²) in [6.07, 6.45) is 0. The van der Waals surface area contributed by atoms with Gasteiger partial charge in [-0.2, -0.15) is 11.8 Å². The predicted octanol–water partition coefficient (Wildman–Crippen LogP) is 3.72. The molecule has 0 saturated carbocycles. The number of carbonyl (C=O) groups excluding carboxylic acids is 2. The molecule has 0 aliphatic rings. The van der Waals surface area contributed by atoms with Crippen molar-refractivity contribution in [1.29, 1.82) is 0 Å². The average molecular weight is 414 g/mol. The number of hydrogen-bond donors (Lipinski definition) is 1. The maximum absolute atomic E-state index is 11.8. The van der Waals surface area contributed by atoms with E-state index in [1.807, 2.05) is 12.1 Å². The van der Waals surface area contributed by atoms with Crippen molar-refractivity contribution in [3.05, 3.63) is 56.7 Å². The third kappa shape index (κ3) is 6.76. The highest BCUT2D eigenvalue weighted by atomic mass is 79.9. The van der Waals surface area contributed by atoms with Crippen LogP contribution in [0.15, 0.2) is 46.3 Å². The molecular weight excluding hydrogens is 398 g/mol. The lowest BCUT2D eigenvalue weighted by Crippen LogP contribution is -2.30. The van der Waals surface area contributed by atoms with Crippen LogP contribution in [0.5, 0.6) is 0 Å². The zero-order chi connectivity index (χ0) is 16.5. The van der Waals surface area contributed by atoms with E-state index < -0.39 is 5.97 Å². The van der Waals surface area contributed by atoms with Crippen LogP contribution >= 0.6 is 39.0 Å². The summed E-state index contributed by atoms with van der Waals surface area (Å²) in [5.74, 6) is 0.979. The van der Waals surface area contributed by atoms with E-state index in [-0.39, 0.29) is 12.5 Å². The molecule has 0 saturated heterocycles. The van der Waals surface area contributed by atoms with Crippen LogP contribution in [0, 0.1) is 0 Å². The van der Waals surface area contributed by atoms with Crippen LogP contribution in [0.1, 0.15) is 15.2 Å². The molecule has 2 rings (SSSR count). The van der Waals surface area contributed by atoms with Crippen LogP contribution in [0.3, 0.4) is 0 Å². The molecule has 0 atom stereocenters. The Morgan fingerprint density at radius 1 is 1.26 bits per heavy atom. The van der Waals surface area contributed by atoms with Gasteiger partial charge in [-0.15, -0.1) is 11.3 Å². The molecule has 1 aromatic carbocycles. The maximum Gasteiger partial charge on any atom is 0.338 e. The number of nitrogens with one attached hydrogen (secondary N) is 1. The van der Waals surface area contributed by atoms with Gasteiger partial charge < -0.3 is 10.1 Å². The van der Waals surface area contributed by atoms with Gasteiger partial charge in [0.1, 0.15) is 0 Å². The van der Waals surface area contributed by atoms with Crippen molar-refractivity contribution in [2.24, 2.45) is 0 Å². The summed E-state index contributed by atoms with van der Waals surface area (Å²) in [4.78, 5) is 24.7. The van der Waals surface area contributed by atoms with Crippen molar-refractivity contribution in [2.45, 2.75) is 5.75 Å². The van der Waals surface area contributed by atoms with Gasteiger partial charge in [0.05, 0.1) is 5.56 Å². The molecule has 1 N–H and O–H groups in total. The number of carbonyl (C=O) groups is 2. The van der Waals surface area contributed by atoms with Gasteiger partial charge in [0, 0.05) is 27.4 Å². The summed E-state index contributed by atoms with van der Waals surface area (Å²) in [6, 6.07) is 11.0. The second-order valence-electron chi connectivity index (χ2n) is 4.57. The van der Waals surface area contributed by atoms with Gasteiger partial charge in [-0.3, -0.25) is 4.79 Å². The van der Waals surface area contributed by atoms with E-state index >= 15 is 0 Å². The SMILES string of the molecule is O=C(COC(=O)c1cccc(Br)c1)NCCSCc1cccs1. The molecule has 0 fully saturated rings. The summed E-state index contributed by atoms with van der Waals surface area (Å²) >= 11 is 6.77. The molecule has 2 aromatic rings. The first-order valence-corrected chi connectivity index (χ1v) is 9.77. The molecule has 0 radical (unpaired) electrons. The number of thioether (sulfide) groups is 1. The Kier molecular flexibility index (Phi) is 7.64. The van der Waals surface area contributed by atoms with Gasteiger partial charge in [0.15, 0.2) is 6.61 Å². The van der Waals surface area contributed by atoms with Crippen molar-refractivity contribution in [2.75, 3.05) is 18.9 Å². The van der Waals surface area contributed by atoms with E-state index in [1.165, 1.54) is 4.88 Å². The fourth-order valence-electron chi connectivity index (χ4n) is 1.71. The van der Waals surface area contributed by atoms with Gasteiger partial charge in [-0.1, -0.05) is 28.1 Å². The number of amides is 1. The fourth-order valence-corrected chi connectivity index (χ4v) is 3.81. The minimum Gasteiger partial charge on any atom is -0.452 e. The monoisotopic (exact) mass is 413 g/mol. The van der Waals surface area contributed by atoms with Crippen LogP contribution in [0.2, 0.25) is 0 Å². The van der Waals surface area contributed by atoms with Crippen molar-refractivity contribution < 1.29 is 14.3 Å². The molecule has 1 amide bonds. The summed E-state index contributed by atoms with van der Waals surface area (Å²) in [5, 5.41) is 4.79. The zero-order valence-corrected chi connectivity index (χ0v) is 15.5. The van der Waals surface area contributed by atoms with Crippen LogP contribution in [-0.2, 0) is 15.3 Å². The molecule has 1 heterocycles. The maximum atomic E-state index is 11.8. The Balaban J connectivity index is 1.58. The van der Waals surface area contributed by atoms with Crippen LogP contribution < -0.4 is 5.32 Å². The molecule has 4 nitrogen and oxygen atoms in total. The van der Waals surface area contributed by atoms with Crippen molar-refractivity contribution in [3.63, 3.8) is 0 Å². The Morgan fingerprint density at radius 3 is 2.87 bits per heavy atom. The highest BCUT2D eigenvalue weighted by Crippen LogP contribution is 2.16. The fraction of sp³-hybridized carbons (Fsp3) is 0.250. The number of thiophene rings is 1. The lowest BCUT2D eigenvalue weighted by Gasteiger charge is -2.06. The number of hydrogen-bond acceptors (Lipinski definition) is 5. The number of rotatable bonds is 8. The van der Waals surface area contributed by atoms with Gasteiger partial charge in [-0.05, 0) is 29.6 Å². The highest BCUT2D eigenvalue weighted by Gasteiger charge is 2.10. The van der Waals surface area contributed by atoms with Crippen LogP contribution in [-0.4, -0.2) is 30.8 Å². The minimum absolute atomic E-state index is 0.263. The van der Waals surface area contributed by atoms with E-state index in [2.05, 4.69) is 32.7 Å². The third-order valence-electron chi connectivity index (χ3n) is 2.79. The van der Waals surface area contributed by atoms with Crippen LogP contribution in [0.4, 0.5) is 0 Å². The number of halogens is 1. The van der Waals surface area contributed by atoms with Gasteiger partial charge in [-0.25, -0.2) is 4.79 Å². The first kappa shape index (κ1) is 18.0. The van der Waals surface area contributed by atoms with Crippen molar-refractivity contribution in [3.8, 4) is 0 Å². The predicted molar refractivity (Wildman–Crippen MR) is 97.9 cm³/mol. The largest absolute Gasteiger partial charge is 0.452 e. The topological polar surface area (TPSA) is 55.4 Å². The lowest BCUT2D eigenvalue weighted by molar-refractivity contribution is -0.124. The zero-order valence-electron chi connectivity index (χ0n) is 12.3. The number of benzene rings is 1. The minimum atomic E-state index is -0.506. The second kappa shape index (κ2) is 9.75. The molecule has 0 aliphatic carbocycles. The quantitative estimate of drug-likeness (QED) is 0.529. The molecule has 0 aliphatic heterocycles. The molecule has 0 spiro atoms. The standard InChI is InChI=1S/C16H16BrNO3S2/c17-13-4-1-3-12(9-13)16(20)21-10-15(19)18-6-8-22-11-14-5-2-7-23-14/h1-5,7,9H,6,8,10-11H2,(H,18,19). The Bertz CT molecular complexity index is 647. The molecule has 23 heavy (non-hydrogen) atoms. The van der Waals surface area contributed by atoms with E-state index in [4.69, 9.17) is 4.74 Å². The van der Waals surface area contributed by atoms with E-state index in [0.29, 0.717) is 12.1 Å². The summed E-state index contributed by atoms with van der Waals surface area (Å²) in [7, 11) is 0. The smallest absolute Gasteiger partial charge is 0.338 e. The second-order valence-corrected chi connectivity index (χ2v) is 7.62. The average Bonchev–Trinajstić information content (AvgIpc) is 3.05. The number of esters is 1. The van der Waals surface area contributed by atoms with Crippen molar-refractivity contribution >= 4 is 50.9 Å². The molecule has 122 valence electrons. The van der Waals surface area contributed by atoms with Gasteiger partial charge in [0.2, 0.25) is 0 Å². The Hall–Kier alpha value is -1.31. The van der Waals surface area contributed by atoms with Gasteiger partial charge >= 0.3 is 5.97 Å². The van der Waals surface area contributed by atoms with E-state index in [1.54, 1.807) is 41.3 Å². The molecule has 1 aromatic heterocycles. The first-order chi connectivity index (χ1) is 11.1. The lowest BCUT2D eigenvalue weighted by atomic mass is 10.2. The Labute approximate surface area is 151 Å². The summed E-state index contributed by atoms with van der Waals surface area (Å²) in [5.41, 5.74) is 0.415. The molecule has 0 unspecified atom stereocenters. The van der Waals surface area contributed by atoms with E-state index in [9.17, 15) is 9.59 Å². The third-order valence-corrected chi connectivity index (χ3v) is 5.35. The molecule has 0 bridgehead atoms. The van der Waals surface area contributed by atoms with E-state index in [0.717, 1.165) is 16.0 Å². The number of ether oxygens (including phenoxy) is 1. The molecular formula is C16H16BrNO3S2.